The molecule has 1 saturated heterocycles. The second kappa shape index (κ2) is 12.4. The van der Waals surface area contributed by atoms with E-state index in [2.05, 4.69) is 41.6 Å². The Labute approximate surface area is 219 Å². The van der Waals surface area contributed by atoms with E-state index in [1.54, 1.807) is 6.92 Å². The van der Waals surface area contributed by atoms with Gasteiger partial charge in [0.05, 0.1) is 44.3 Å². The van der Waals surface area contributed by atoms with E-state index in [1.165, 1.54) is 45.2 Å². The number of hydrogen-bond donors (Lipinski definition) is 1. The van der Waals surface area contributed by atoms with Gasteiger partial charge in [-0.15, -0.1) is 10.2 Å². The predicted molar refractivity (Wildman–Crippen MR) is 137 cm³/mol. The lowest BCUT2D eigenvalue weighted by Gasteiger charge is -2.25. The van der Waals surface area contributed by atoms with Gasteiger partial charge in [0.2, 0.25) is 27.8 Å². The Hall–Kier alpha value is -3.14. The van der Waals surface area contributed by atoms with Gasteiger partial charge in [-0.05, 0) is 13.6 Å². The number of rotatable bonds is 10. The van der Waals surface area contributed by atoms with Crippen LogP contribution in [0.5, 0.6) is 0 Å². The zero-order chi connectivity index (χ0) is 27.2. The highest BCUT2D eigenvalue weighted by molar-refractivity contribution is 7.93. The molecule has 0 spiro atoms. The van der Waals surface area contributed by atoms with E-state index in [4.69, 9.17) is 30.5 Å². The molecule has 202 valence electrons. The molecule has 37 heavy (non-hydrogen) atoms. The van der Waals surface area contributed by atoms with E-state index in [0.717, 1.165) is 0 Å². The maximum Gasteiger partial charge on any atom is 0.243 e. The van der Waals surface area contributed by atoms with Crippen molar-refractivity contribution in [1.82, 2.24) is 24.7 Å². The van der Waals surface area contributed by atoms with Crippen molar-refractivity contribution in [2.45, 2.75) is 31.1 Å². The lowest BCUT2D eigenvalue weighted by Crippen LogP contribution is -2.32. The topological polar surface area (TPSA) is 164 Å². The molecule has 16 heteroatoms. The minimum atomic E-state index is -4.07. The molecular formula is C21H29ClN8O6S. The van der Waals surface area contributed by atoms with Crippen LogP contribution in [0.15, 0.2) is 28.3 Å². The number of aliphatic imine (C=N–C) groups is 2. The molecule has 0 amide bonds. The molecular weight excluding hydrogens is 528 g/mol. The smallest absolute Gasteiger partial charge is 0.243 e. The molecule has 3 atom stereocenters. The van der Waals surface area contributed by atoms with Crippen molar-refractivity contribution >= 4 is 45.9 Å². The molecule has 0 radical (unpaired) electrons. The number of methoxy groups -OCH3 is 2. The van der Waals surface area contributed by atoms with Gasteiger partial charge in [-0.2, -0.15) is 0 Å². The Bertz CT molecular complexity index is 1260. The number of anilines is 1. The van der Waals surface area contributed by atoms with Gasteiger partial charge in [0.1, 0.15) is 11.9 Å². The molecule has 3 heterocycles. The summed E-state index contributed by atoms with van der Waals surface area (Å²) in [7, 11) is 0.178. The number of sulfonamides is 1. The fourth-order valence-electron chi connectivity index (χ4n) is 3.50. The first-order valence-corrected chi connectivity index (χ1v) is 13.0. The summed E-state index contributed by atoms with van der Waals surface area (Å²) in [4.78, 5) is 16.3. The molecule has 2 aromatic heterocycles. The summed E-state index contributed by atoms with van der Waals surface area (Å²) in [5.41, 5.74) is 0.108. The number of halogens is 1. The molecule has 0 aliphatic carbocycles. The van der Waals surface area contributed by atoms with Crippen molar-refractivity contribution in [2.75, 3.05) is 45.8 Å². The summed E-state index contributed by atoms with van der Waals surface area (Å²) in [5.74, 6) is -0.200. The van der Waals surface area contributed by atoms with E-state index in [1.807, 2.05) is 0 Å². The number of nitrogens with one attached hydrogen (secondary N) is 1. The van der Waals surface area contributed by atoms with Gasteiger partial charge < -0.3 is 18.9 Å². The van der Waals surface area contributed by atoms with Crippen molar-refractivity contribution in [2.24, 2.45) is 9.98 Å². The maximum atomic E-state index is 13.5. The molecule has 1 fully saturated rings. The minimum absolute atomic E-state index is 0.0170. The van der Waals surface area contributed by atoms with Gasteiger partial charge in [-0.25, -0.2) is 23.4 Å². The van der Waals surface area contributed by atoms with Crippen molar-refractivity contribution < 1.29 is 27.4 Å². The summed E-state index contributed by atoms with van der Waals surface area (Å²) in [6.07, 6.45) is 2.14. The van der Waals surface area contributed by atoms with E-state index < -0.39 is 27.3 Å². The largest absolute Gasteiger partial charge is 0.480 e. The van der Waals surface area contributed by atoms with Crippen LogP contribution in [0.1, 0.15) is 37.5 Å². The Morgan fingerprint density at radius 3 is 2.49 bits per heavy atom. The minimum Gasteiger partial charge on any atom is -0.480 e. The lowest BCUT2D eigenvalue weighted by molar-refractivity contribution is -0.0940. The van der Waals surface area contributed by atoms with Crippen LogP contribution in [0.3, 0.4) is 0 Å². The number of hydrogen-bond acceptors (Lipinski definition) is 12. The van der Waals surface area contributed by atoms with Crippen LogP contribution in [0.2, 0.25) is 5.02 Å². The molecule has 14 nitrogen and oxygen atoms in total. The Kier molecular flexibility index (Phi) is 9.53. The predicted octanol–water partition coefficient (Wildman–Crippen LogP) is 1.89. The highest BCUT2D eigenvalue weighted by Gasteiger charge is 2.35. The highest BCUT2D eigenvalue weighted by atomic mass is 35.5. The molecule has 1 aliphatic rings. The van der Waals surface area contributed by atoms with E-state index in [-0.39, 0.29) is 35.9 Å². The molecule has 2 aromatic rings. The monoisotopic (exact) mass is 556 g/mol. The van der Waals surface area contributed by atoms with Crippen molar-refractivity contribution in [3.05, 3.63) is 34.9 Å². The quantitative estimate of drug-likeness (QED) is 0.259. The SMILES string of the molecule is C=N/C(OC)=C(\C(=NC)OC)n1c(NS(=O)(=O)[C@@H](C)[C@H](C)c2ncc(Cl)cn2)nnc1[C@H]1COCCO1. The van der Waals surface area contributed by atoms with Crippen LogP contribution in [0, 0.1) is 0 Å². The second-order valence-electron chi connectivity index (χ2n) is 7.80. The molecule has 0 aromatic carbocycles. The summed E-state index contributed by atoms with van der Waals surface area (Å²) >= 11 is 5.87. The van der Waals surface area contributed by atoms with E-state index in [9.17, 15) is 8.42 Å². The fourth-order valence-corrected chi connectivity index (χ4v) is 4.83. The van der Waals surface area contributed by atoms with E-state index >= 15 is 0 Å². The number of ether oxygens (including phenoxy) is 4. The van der Waals surface area contributed by atoms with Gasteiger partial charge in [-0.3, -0.25) is 14.3 Å². The van der Waals surface area contributed by atoms with Crippen molar-refractivity contribution in [1.29, 1.82) is 0 Å². The molecule has 0 saturated carbocycles. The summed E-state index contributed by atoms with van der Waals surface area (Å²) in [6, 6.07) is 0. The zero-order valence-corrected chi connectivity index (χ0v) is 22.7. The first-order chi connectivity index (χ1) is 17.7. The van der Waals surface area contributed by atoms with Gasteiger partial charge in [-0.1, -0.05) is 18.5 Å². The van der Waals surface area contributed by atoms with Crippen LogP contribution in [0.4, 0.5) is 5.95 Å². The summed E-state index contributed by atoms with van der Waals surface area (Å²) in [6.45, 7) is 7.64. The van der Waals surface area contributed by atoms with Gasteiger partial charge in [0.25, 0.3) is 0 Å². The summed E-state index contributed by atoms with van der Waals surface area (Å²) < 4.78 is 53.0. The Morgan fingerprint density at radius 2 is 1.95 bits per heavy atom. The van der Waals surface area contributed by atoms with Crippen LogP contribution in [-0.4, -0.2) is 92.1 Å². The average Bonchev–Trinajstić information content (AvgIpc) is 3.31. The third-order valence-electron chi connectivity index (χ3n) is 5.63. The van der Waals surface area contributed by atoms with Crippen molar-refractivity contribution in [3.8, 4) is 0 Å². The van der Waals surface area contributed by atoms with Crippen LogP contribution >= 0.6 is 11.6 Å². The van der Waals surface area contributed by atoms with Crippen LogP contribution in [0.25, 0.3) is 5.70 Å². The third kappa shape index (κ3) is 6.23. The first-order valence-electron chi connectivity index (χ1n) is 11.1. The normalized spacial score (nSPS) is 19.0. The van der Waals surface area contributed by atoms with Gasteiger partial charge >= 0.3 is 0 Å². The summed E-state index contributed by atoms with van der Waals surface area (Å²) in [5, 5.41) is 7.66. The maximum absolute atomic E-state index is 13.5. The second-order valence-corrected chi connectivity index (χ2v) is 10.3. The Morgan fingerprint density at radius 1 is 1.24 bits per heavy atom. The van der Waals surface area contributed by atoms with Crippen LogP contribution < -0.4 is 4.72 Å². The molecule has 1 aliphatic heterocycles. The van der Waals surface area contributed by atoms with Crippen molar-refractivity contribution in [3.63, 3.8) is 0 Å². The Balaban J connectivity index is 2.11. The van der Waals surface area contributed by atoms with Gasteiger partial charge in [0, 0.05) is 25.4 Å². The first kappa shape index (κ1) is 28.4. The molecule has 1 N–H and O–H groups in total. The third-order valence-corrected chi connectivity index (χ3v) is 7.68. The number of aromatic nitrogens is 5. The van der Waals surface area contributed by atoms with E-state index in [0.29, 0.717) is 24.1 Å². The molecule has 0 unspecified atom stereocenters. The standard InChI is InChI=1S/C21H29ClN8O6S/c1-12(17-25-9-14(22)10-26-17)13(2)37(31,32)29-21-28-27-18(15-11-35-7-8-36-15)30(21)16(19(23-3)33-5)20(24-4)34-6/h9-10,12-13,15H,3,7-8,11H2,1-2,4-6H3,(H,28,29)/b19-16-,24-20?/t12-,13-,15+/m0/s1. The lowest BCUT2D eigenvalue weighted by atomic mass is 10.1. The number of nitrogens with zero attached hydrogens (tertiary/aromatic N) is 7. The zero-order valence-electron chi connectivity index (χ0n) is 21.1. The fraction of sp³-hybridized carbons (Fsp3) is 0.524. The van der Waals surface area contributed by atoms with Crippen LogP contribution in [-0.2, 0) is 29.0 Å². The molecule has 0 bridgehead atoms. The molecule has 3 rings (SSSR count). The highest BCUT2D eigenvalue weighted by Crippen LogP contribution is 2.30. The average molecular weight is 557 g/mol. The van der Waals surface area contributed by atoms with Gasteiger partial charge in [0.15, 0.2) is 11.5 Å².